The number of aliphatic hydroxyl groups is 1. The van der Waals surface area contributed by atoms with E-state index in [-0.39, 0.29) is 12.5 Å². The van der Waals surface area contributed by atoms with Crippen LogP contribution in [-0.2, 0) is 0 Å². The highest BCUT2D eigenvalue weighted by Gasteiger charge is 2.26. The summed E-state index contributed by atoms with van der Waals surface area (Å²) >= 11 is 3.47. The minimum atomic E-state index is -0.0383. The molecule has 2 N–H and O–H groups in total. The topological polar surface area (TPSA) is 72.5 Å². The summed E-state index contributed by atoms with van der Waals surface area (Å²) in [5.74, 6) is 0.253. The molecule has 112 valence electrons. The number of H-pyrrole nitrogens is 1. The summed E-state index contributed by atoms with van der Waals surface area (Å²) in [6.45, 7) is 7.89. The maximum Gasteiger partial charge on any atom is 0.275 e. The van der Waals surface area contributed by atoms with Gasteiger partial charge < -0.3 is 10.0 Å². The van der Waals surface area contributed by atoms with Crippen LogP contribution in [0.25, 0.3) is 0 Å². The van der Waals surface area contributed by atoms with E-state index in [9.17, 15) is 4.79 Å². The molecule has 0 spiro atoms. The minimum absolute atomic E-state index is 0.0383. The molecule has 20 heavy (non-hydrogen) atoms. The number of nitrogens with one attached hydrogen (secondary N) is 1. The highest BCUT2D eigenvalue weighted by atomic mass is 79.9. The van der Waals surface area contributed by atoms with E-state index in [1.54, 1.807) is 0 Å². The van der Waals surface area contributed by atoms with Gasteiger partial charge in [0.05, 0.1) is 16.8 Å². The molecule has 0 aromatic carbocycles. The molecule has 0 saturated carbocycles. The number of hydrogen-bond donors (Lipinski definition) is 2. The molecule has 0 atom stereocenters. The van der Waals surface area contributed by atoms with Crippen LogP contribution < -0.4 is 0 Å². The fourth-order valence-electron chi connectivity index (χ4n) is 2.33. The molecule has 2 rings (SSSR count). The van der Waals surface area contributed by atoms with Crippen molar-refractivity contribution in [1.29, 1.82) is 0 Å². The maximum atomic E-state index is 12.5. The predicted molar refractivity (Wildman–Crippen MR) is 79.8 cm³/mol. The Bertz CT molecular complexity index is 467. The SMILES string of the molecule is CC(C)c1[nH]nc(C(=O)N2CCN(CCO)CC2)c1Br. The second-order valence-corrected chi connectivity index (χ2v) is 6.11. The maximum absolute atomic E-state index is 12.5. The second kappa shape index (κ2) is 6.69. The number of β-amino-alcohol motifs (C(OH)–C–C–N with tert-alkyl or cyclic N) is 1. The Kier molecular flexibility index (Phi) is 5.17. The molecule has 1 aromatic rings. The number of carbonyl (C=O) groups excluding carboxylic acids is 1. The molecular formula is C13H21BrN4O2. The largest absolute Gasteiger partial charge is 0.395 e. The molecule has 0 unspecified atom stereocenters. The molecule has 0 radical (unpaired) electrons. The smallest absolute Gasteiger partial charge is 0.275 e. The highest BCUT2D eigenvalue weighted by Crippen LogP contribution is 2.26. The number of aliphatic hydroxyl groups excluding tert-OH is 1. The van der Waals surface area contributed by atoms with Gasteiger partial charge in [0.1, 0.15) is 0 Å². The lowest BCUT2D eigenvalue weighted by atomic mass is 10.1. The fourth-order valence-corrected chi connectivity index (χ4v) is 3.14. The number of halogens is 1. The van der Waals surface area contributed by atoms with Crippen molar-refractivity contribution >= 4 is 21.8 Å². The van der Waals surface area contributed by atoms with E-state index in [0.29, 0.717) is 31.2 Å². The van der Waals surface area contributed by atoms with Crippen LogP contribution >= 0.6 is 15.9 Å². The molecular weight excluding hydrogens is 324 g/mol. The van der Waals surface area contributed by atoms with Gasteiger partial charge in [-0.05, 0) is 21.8 Å². The molecule has 1 aromatic heterocycles. The van der Waals surface area contributed by atoms with Crippen LogP contribution in [0.2, 0.25) is 0 Å². The Hall–Kier alpha value is -0.920. The van der Waals surface area contributed by atoms with Crippen molar-refractivity contribution in [3.05, 3.63) is 15.9 Å². The van der Waals surface area contributed by atoms with E-state index in [1.165, 1.54) is 0 Å². The van der Waals surface area contributed by atoms with E-state index < -0.39 is 0 Å². The third kappa shape index (κ3) is 3.21. The third-order valence-electron chi connectivity index (χ3n) is 3.59. The van der Waals surface area contributed by atoms with E-state index >= 15 is 0 Å². The summed E-state index contributed by atoms with van der Waals surface area (Å²) in [5, 5.41) is 16.0. The van der Waals surface area contributed by atoms with Gasteiger partial charge in [0, 0.05) is 32.7 Å². The molecule has 1 amide bonds. The number of carbonyl (C=O) groups is 1. The standard InChI is InChI=1S/C13H21BrN4O2/c1-9(2)11-10(14)12(16-15-11)13(20)18-5-3-17(4-6-18)7-8-19/h9,19H,3-8H2,1-2H3,(H,15,16). The summed E-state index contributed by atoms with van der Waals surface area (Å²) in [5.41, 5.74) is 1.41. The Labute approximate surface area is 127 Å². The van der Waals surface area contributed by atoms with Crippen molar-refractivity contribution in [2.75, 3.05) is 39.3 Å². The van der Waals surface area contributed by atoms with Gasteiger partial charge in [0.15, 0.2) is 5.69 Å². The summed E-state index contributed by atoms with van der Waals surface area (Å²) in [6, 6.07) is 0. The predicted octanol–water partition coefficient (Wildman–Crippen LogP) is 1.05. The summed E-state index contributed by atoms with van der Waals surface area (Å²) < 4.78 is 0.773. The molecule has 1 fully saturated rings. The van der Waals surface area contributed by atoms with E-state index in [2.05, 4.69) is 44.9 Å². The van der Waals surface area contributed by atoms with Crippen LogP contribution in [0.3, 0.4) is 0 Å². The van der Waals surface area contributed by atoms with Crippen molar-refractivity contribution in [2.24, 2.45) is 0 Å². The van der Waals surface area contributed by atoms with Crippen molar-refractivity contribution in [3.8, 4) is 0 Å². The van der Waals surface area contributed by atoms with Gasteiger partial charge in [-0.2, -0.15) is 5.10 Å². The lowest BCUT2D eigenvalue weighted by Gasteiger charge is -2.34. The quantitative estimate of drug-likeness (QED) is 0.856. The average molecular weight is 345 g/mol. The zero-order chi connectivity index (χ0) is 14.7. The van der Waals surface area contributed by atoms with Crippen LogP contribution in [0.1, 0.15) is 35.9 Å². The summed E-state index contributed by atoms with van der Waals surface area (Å²) in [6.07, 6.45) is 0. The van der Waals surface area contributed by atoms with Crippen molar-refractivity contribution in [3.63, 3.8) is 0 Å². The van der Waals surface area contributed by atoms with Crippen LogP contribution in [0.5, 0.6) is 0 Å². The molecule has 0 bridgehead atoms. The zero-order valence-corrected chi connectivity index (χ0v) is 13.5. The Morgan fingerprint density at radius 1 is 1.40 bits per heavy atom. The fraction of sp³-hybridized carbons (Fsp3) is 0.692. The molecule has 6 nitrogen and oxygen atoms in total. The van der Waals surface area contributed by atoms with Crippen molar-refractivity contribution < 1.29 is 9.90 Å². The van der Waals surface area contributed by atoms with Crippen LogP contribution in [0, 0.1) is 0 Å². The van der Waals surface area contributed by atoms with E-state index in [0.717, 1.165) is 23.3 Å². The van der Waals surface area contributed by atoms with E-state index in [4.69, 9.17) is 5.11 Å². The molecule has 1 aliphatic heterocycles. The first-order valence-electron chi connectivity index (χ1n) is 6.90. The number of hydrogen-bond acceptors (Lipinski definition) is 4. The molecule has 1 aliphatic rings. The van der Waals surface area contributed by atoms with Gasteiger partial charge in [0.2, 0.25) is 0 Å². The monoisotopic (exact) mass is 344 g/mol. The first-order chi connectivity index (χ1) is 9.54. The highest BCUT2D eigenvalue weighted by molar-refractivity contribution is 9.10. The van der Waals surface area contributed by atoms with Crippen LogP contribution in [0.4, 0.5) is 0 Å². The zero-order valence-electron chi connectivity index (χ0n) is 11.9. The number of aromatic nitrogens is 2. The molecule has 2 heterocycles. The van der Waals surface area contributed by atoms with Crippen molar-refractivity contribution in [1.82, 2.24) is 20.0 Å². The molecule has 1 saturated heterocycles. The van der Waals surface area contributed by atoms with Gasteiger partial charge in [-0.3, -0.25) is 14.8 Å². The first kappa shape index (κ1) is 15.5. The Morgan fingerprint density at radius 3 is 2.55 bits per heavy atom. The lowest BCUT2D eigenvalue weighted by Crippen LogP contribution is -2.49. The average Bonchev–Trinajstić information content (AvgIpc) is 2.81. The number of nitrogens with zero attached hydrogens (tertiary/aromatic N) is 3. The second-order valence-electron chi connectivity index (χ2n) is 5.31. The molecule has 0 aliphatic carbocycles. The van der Waals surface area contributed by atoms with Crippen LogP contribution in [-0.4, -0.2) is 70.3 Å². The third-order valence-corrected chi connectivity index (χ3v) is 4.39. The summed E-state index contributed by atoms with van der Waals surface area (Å²) in [4.78, 5) is 16.4. The van der Waals surface area contributed by atoms with Gasteiger partial charge in [0.25, 0.3) is 5.91 Å². The van der Waals surface area contributed by atoms with E-state index in [1.807, 2.05) is 4.90 Å². The number of aromatic amines is 1. The number of amides is 1. The van der Waals surface area contributed by atoms with Crippen molar-refractivity contribution in [2.45, 2.75) is 19.8 Å². The van der Waals surface area contributed by atoms with Gasteiger partial charge in [-0.1, -0.05) is 13.8 Å². The number of piperazine rings is 1. The molecule has 7 heteroatoms. The van der Waals surface area contributed by atoms with Gasteiger partial charge in [-0.25, -0.2) is 0 Å². The minimum Gasteiger partial charge on any atom is -0.395 e. The Morgan fingerprint density at radius 2 is 2.05 bits per heavy atom. The normalized spacial score (nSPS) is 16.9. The lowest BCUT2D eigenvalue weighted by molar-refractivity contribution is 0.0608. The Balaban J connectivity index is 2.02. The van der Waals surface area contributed by atoms with Crippen LogP contribution in [0.15, 0.2) is 4.47 Å². The van der Waals surface area contributed by atoms with Gasteiger partial charge in [-0.15, -0.1) is 0 Å². The summed E-state index contributed by atoms with van der Waals surface area (Å²) in [7, 11) is 0. The number of rotatable bonds is 4. The van der Waals surface area contributed by atoms with Gasteiger partial charge >= 0.3 is 0 Å². The first-order valence-corrected chi connectivity index (χ1v) is 7.70.